The molecule has 7 nitrogen and oxygen atoms in total. The number of nitrogens with one attached hydrogen (secondary N) is 2. The second-order valence-electron chi connectivity index (χ2n) is 7.09. The normalized spacial score (nSPS) is 21.0. The summed E-state index contributed by atoms with van der Waals surface area (Å²) in [4.78, 5) is 26.7. The molecule has 0 bridgehead atoms. The molecule has 2 aliphatic rings. The second-order valence-corrected chi connectivity index (χ2v) is 8.80. The van der Waals surface area contributed by atoms with Crippen molar-refractivity contribution in [3.05, 3.63) is 29.3 Å². The first-order valence-electron chi connectivity index (χ1n) is 8.97. The van der Waals surface area contributed by atoms with Gasteiger partial charge in [-0.05, 0) is 56.7 Å². The summed E-state index contributed by atoms with van der Waals surface area (Å²) >= 11 is 0. The topological polar surface area (TPSA) is 95.6 Å². The van der Waals surface area contributed by atoms with E-state index in [0.29, 0.717) is 24.1 Å². The van der Waals surface area contributed by atoms with Crippen molar-refractivity contribution < 1.29 is 18.0 Å². The van der Waals surface area contributed by atoms with Crippen molar-refractivity contribution in [3.63, 3.8) is 0 Å². The monoisotopic (exact) mass is 379 g/mol. The minimum absolute atomic E-state index is 0.00203. The lowest BCUT2D eigenvalue weighted by atomic mass is 10.0. The van der Waals surface area contributed by atoms with E-state index in [9.17, 15) is 18.0 Å². The first-order valence-corrected chi connectivity index (χ1v) is 10.5. The molecule has 3 rings (SSSR count). The fourth-order valence-corrected chi connectivity index (χ4v) is 4.44. The molecule has 1 heterocycles. The van der Waals surface area contributed by atoms with E-state index in [1.54, 1.807) is 20.0 Å². The number of aryl methyl sites for hydroxylation is 1. The Morgan fingerprint density at radius 3 is 2.65 bits per heavy atom. The molecule has 1 unspecified atom stereocenters. The molecular weight excluding hydrogens is 354 g/mol. The lowest BCUT2D eigenvalue weighted by Crippen LogP contribution is -2.46. The quantitative estimate of drug-likeness (QED) is 0.803. The minimum Gasteiger partial charge on any atom is -0.354 e. The fraction of sp³-hybridized carbons (Fsp3) is 0.556. The van der Waals surface area contributed by atoms with Gasteiger partial charge < -0.3 is 10.2 Å². The third kappa shape index (κ3) is 4.07. The maximum absolute atomic E-state index is 13.0. The maximum atomic E-state index is 13.0. The molecule has 1 saturated heterocycles. The third-order valence-electron chi connectivity index (χ3n) is 4.94. The van der Waals surface area contributed by atoms with Crippen molar-refractivity contribution in [2.45, 2.75) is 56.0 Å². The smallest absolute Gasteiger partial charge is 0.254 e. The lowest BCUT2D eigenvalue weighted by Gasteiger charge is -2.26. The molecule has 1 atom stereocenters. The van der Waals surface area contributed by atoms with Gasteiger partial charge in [0.05, 0.1) is 4.90 Å². The first kappa shape index (κ1) is 18.8. The zero-order valence-electron chi connectivity index (χ0n) is 15.1. The van der Waals surface area contributed by atoms with E-state index in [-0.39, 0.29) is 22.8 Å². The number of carbonyl (C=O) groups is 2. The molecule has 8 heteroatoms. The van der Waals surface area contributed by atoms with Crippen LogP contribution in [0.4, 0.5) is 0 Å². The van der Waals surface area contributed by atoms with Gasteiger partial charge in [-0.3, -0.25) is 9.59 Å². The summed E-state index contributed by atoms with van der Waals surface area (Å²) < 4.78 is 27.5. The Bertz CT molecular complexity index is 818. The van der Waals surface area contributed by atoms with E-state index in [1.165, 1.54) is 17.0 Å². The molecule has 1 aromatic rings. The number of nitrogens with zero attached hydrogens (tertiary/aromatic N) is 1. The number of rotatable bonds is 5. The first-order chi connectivity index (χ1) is 12.3. The summed E-state index contributed by atoms with van der Waals surface area (Å²) in [5.41, 5.74) is 0.990. The van der Waals surface area contributed by atoms with E-state index in [1.807, 2.05) is 0 Å². The molecule has 1 aromatic carbocycles. The standard InChI is InChI=1S/C18H25N3O4S/c1-12-6-9-14(26(24,25)20-13-7-8-13)11-15(12)18(23)21(2)16-5-3-4-10-19-17(16)22/h6,9,11,13,16,20H,3-5,7-8,10H2,1-2H3,(H,19,22). The summed E-state index contributed by atoms with van der Waals surface area (Å²) in [7, 11) is -2.04. The Morgan fingerprint density at radius 1 is 1.23 bits per heavy atom. The molecule has 1 aliphatic carbocycles. The van der Waals surface area contributed by atoms with Gasteiger partial charge in [-0.1, -0.05) is 6.07 Å². The Labute approximate surface area is 154 Å². The highest BCUT2D eigenvalue weighted by molar-refractivity contribution is 7.89. The molecule has 2 fully saturated rings. The fourth-order valence-electron chi connectivity index (χ4n) is 3.11. The highest BCUT2D eigenvalue weighted by Gasteiger charge is 2.31. The van der Waals surface area contributed by atoms with Crippen LogP contribution in [0, 0.1) is 6.92 Å². The van der Waals surface area contributed by atoms with Gasteiger partial charge in [0.1, 0.15) is 6.04 Å². The minimum atomic E-state index is -3.64. The molecule has 1 aliphatic heterocycles. The molecule has 0 spiro atoms. The van der Waals surface area contributed by atoms with Gasteiger partial charge in [0, 0.05) is 25.2 Å². The van der Waals surface area contributed by atoms with Gasteiger partial charge in [0.15, 0.2) is 0 Å². The van der Waals surface area contributed by atoms with Crippen molar-refractivity contribution in [2.75, 3.05) is 13.6 Å². The van der Waals surface area contributed by atoms with Crippen LogP contribution < -0.4 is 10.0 Å². The predicted molar refractivity (Wildman–Crippen MR) is 97.3 cm³/mol. The number of likely N-dealkylation sites (N-methyl/N-ethyl adjacent to an activating group) is 1. The van der Waals surface area contributed by atoms with Crippen molar-refractivity contribution in [2.24, 2.45) is 0 Å². The summed E-state index contributed by atoms with van der Waals surface area (Å²) in [5.74, 6) is -0.497. The summed E-state index contributed by atoms with van der Waals surface area (Å²) in [6, 6.07) is 4.02. The van der Waals surface area contributed by atoms with Crippen LogP contribution in [0.1, 0.15) is 48.0 Å². The van der Waals surface area contributed by atoms with E-state index < -0.39 is 16.1 Å². The number of carbonyl (C=O) groups excluding carboxylic acids is 2. The van der Waals surface area contributed by atoms with E-state index >= 15 is 0 Å². The van der Waals surface area contributed by atoms with Crippen LogP contribution >= 0.6 is 0 Å². The van der Waals surface area contributed by atoms with Crippen molar-refractivity contribution >= 4 is 21.8 Å². The van der Waals surface area contributed by atoms with Crippen LogP contribution in [0.5, 0.6) is 0 Å². The van der Waals surface area contributed by atoms with Gasteiger partial charge >= 0.3 is 0 Å². The van der Waals surface area contributed by atoms with Gasteiger partial charge in [-0.25, -0.2) is 13.1 Å². The van der Waals surface area contributed by atoms with Crippen LogP contribution in [-0.4, -0.2) is 50.8 Å². The summed E-state index contributed by atoms with van der Waals surface area (Å²) in [6.45, 7) is 2.38. The van der Waals surface area contributed by atoms with Crippen molar-refractivity contribution in [3.8, 4) is 0 Å². The molecule has 0 radical (unpaired) electrons. The van der Waals surface area contributed by atoms with E-state index in [4.69, 9.17) is 0 Å². The molecule has 2 amide bonds. The Balaban J connectivity index is 1.86. The SMILES string of the molecule is Cc1ccc(S(=O)(=O)NC2CC2)cc1C(=O)N(C)C1CCCCNC1=O. The van der Waals surface area contributed by atoms with Crippen molar-refractivity contribution in [1.29, 1.82) is 0 Å². The summed E-state index contributed by atoms with van der Waals surface area (Å²) in [6.07, 6.45) is 4.05. The Kier molecular flexibility index (Phi) is 5.34. The molecule has 2 N–H and O–H groups in total. The number of amides is 2. The zero-order valence-corrected chi connectivity index (χ0v) is 15.9. The summed E-state index contributed by atoms with van der Waals surface area (Å²) in [5, 5.41) is 2.82. The Hall–Kier alpha value is -1.93. The lowest BCUT2D eigenvalue weighted by molar-refractivity contribution is -0.125. The Morgan fingerprint density at radius 2 is 1.96 bits per heavy atom. The number of hydrogen-bond donors (Lipinski definition) is 2. The molecule has 26 heavy (non-hydrogen) atoms. The van der Waals surface area contributed by atoms with Gasteiger partial charge in [-0.2, -0.15) is 0 Å². The molecule has 0 aromatic heterocycles. The number of sulfonamides is 1. The molecule has 142 valence electrons. The van der Waals surface area contributed by atoms with E-state index in [0.717, 1.165) is 25.7 Å². The number of benzene rings is 1. The average molecular weight is 379 g/mol. The second kappa shape index (κ2) is 7.36. The maximum Gasteiger partial charge on any atom is 0.254 e. The predicted octanol–water partition coefficient (Wildman–Crippen LogP) is 1.18. The zero-order chi connectivity index (χ0) is 18.9. The van der Waals surface area contributed by atoms with E-state index in [2.05, 4.69) is 10.0 Å². The largest absolute Gasteiger partial charge is 0.354 e. The third-order valence-corrected chi connectivity index (χ3v) is 6.46. The molecular formula is C18H25N3O4S. The van der Waals surface area contributed by atoms with Crippen LogP contribution in [-0.2, 0) is 14.8 Å². The van der Waals surface area contributed by atoms with Crippen LogP contribution in [0.25, 0.3) is 0 Å². The van der Waals surface area contributed by atoms with Crippen molar-refractivity contribution in [1.82, 2.24) is 14.9 Å². The molecule has 1 saturated carbocycles. The highest BCUT2D eigenvalue weighted by atomic mass is 32.2. The van der Waals surface area contributed by atoms with Crippen LogP contribution in [0.15, 0.2) is 23.1 Å². The average Bonchev–Trinajstić information content (AvgIpc) is 3.41. The van der Waals surface area contributed by atoms with Crippen LogP contribution in [0.2, 0.25) is 0 Å². The van der Waals surface area contributed by atoms with Crippen LogP contribution in [0.3, 0.4) is 0 Å². The van der Waals surface area contributed by atoms with Gasteiger partial charge in [0.2, 0.25) is 15.9 Å². The highest BCUT2D eigenvalue weighted by Crippen LogP contribution is 2.24. The number of hydrogen-bond acceptors (Lipinski definition) is 4. The van der Waals surface area contributed by atoms with Gasteiger partial charge in [0.25, 0.3) is 5.91 Å². The van der Waals surface area contributed by atoms with Gasteiger partial charge in [-0.15, -0.1) is 0 Å².